The highest BCUT2D eigenvalue weighted by molar-refractivity contribution is 7.98. The SMILES string of the molecule is CSc1ccccc1C(=O)N1CCCC1c1nccs1. The summed E-state index contributed by atoms with van der Waals surface area (Å²) in [6.45, 7) is 0.825. The minimum atomic E-state index is 0.132. The van der Waals surface area contributed by atoms with Gasteiger partial charge in [-0.05, 0) is 31.2 Å². The van der Waals surface area contributed by atoms with Crippen molar-refractivity contribution in [2.75, 3.05) is 12.8 Å². The van der Waals surface area contributed by atoms with Gasteiger partial charge in [-0.15, -0.1) is 23.1 Å². The van der Waals surface area contributed by atoms with Gasteiger partial charge in [0.2, 0.25) is 0 Å². The molecule has 0 N–H and O–H groups in total. The zero-order chi connectivity index (χ0) is 13.9. The van der Waals surface area contributed by atoms with E-state index in [9.17, 15) is 4.79 Å². The Balaban J connectivity index is 1.90. The highest BCUT2D eigenvalue weighted by Crippen LogP contribution is 2.35. The number of hydrogen-bond acceptors (Lipinski definition) is 4. The highest BCUT2D eigenvalue weighted by Gasteiger charge is 2.32. The third kappa shape index (κ3) is 2.47. The third-order valence-corrected chi connectivity index (χ3v) is 5.26. The number of amides is 1. The molecular weight excluding hydrogens is 288 g/mol. The van der Waals surface area contributed by atoms with Crippen LogP contribution in [0.4, 0.5) is 0 Å². The van der Waals surface area contributed by atoms with Crippen LogP contribution in [0.15, 0.2) is 40.7 Å². The summed E-state index contributed by atoms with van der Waals surface area (Å²) >= 11 is 3.26. The van der Waals surface area contributed by atoms with E-state index < -0.39 is 0 Å². The standard InChI is InChI=1S/C15H16N2OS2/c1-19-13-7-3-2-5-11(13)15(18)17-9-4-6-12(17)14-16-8-10-20-14/h2-3,5,7-8,10,12H,4,6,9H2,1H3. The van der Waals surface area contributed by atoms with Gasteiger partial charge in [-0.1, -0.05) is 12.1 Å². The Labute approximate surface area is 127 Å². The van der Waals surface area contributed by atoms with Crippen LogP contribution in [-0.2, 0) is 0 Å². The molecule has 1 fully saturated rings. The number of aromatic nitrogens is 1. The first kappa shape index (κ1) is 13.6. The largest absolute Gasteiger partial charge is 0.329 e. The molecule has 3 rings (SSSR count). The molecule has 1 aliphatic rings. The maximum atomic E-state index is 12.8. The predicted molar refractivity (Wildman–Crippen MR) is 83.3 cm³/mol. The fourth-order valence-corrected chi connectivity index (χ4v) is 4.02. The molecule has 1 unspecified atom stereocenters. The minimum Gasteiger partial charge on any atom is -0.329 e. The van der Waals surface area contributed by atoms with E-state index in [0.717, 1.165) is 34.9 Å². The molecule has 1 atom stereocenters. The van der Waals surface area contributed by atoms with Gasteiger partial charge in [-0.3, -0.25) is 4.79 Å². The van der Waals surface area contributed by atoms with E-state index in [1.807, 2.05) is 47.0 Å². The fraction of sp³-hybridized carbons (Fsp3) is 0.333. The van der Waals surface area contributed by atoms with Gasteiger partial charge in [0.25, 0.3) is 5.91 Å². The summed E-state index contributed by atoms with van der Waals surface area (Å²) in [4.78, 5) is 20.2. The number of rotatable bonds is 3. The summed E-state index contributed by atoms with van der Waals surface area (Å²) < 4.78 is 0. The van der Waals surface area contributed by atoms with Crippen molar-refractivity contribution in [3.63, 3.8) is 0 Å². The lowest BCUT2D eigenvalue weighted by Gasteiger charge is -2.24. The molecule has 1 aromatic heterocycles. The number of hydrogen-bond donors (Lipinski definition) is 0. The Bertz CT molecular complexity index is 598. The first-order valence-corrected chi connectivity index (χ1v) is 8.75. The molecule has 2 aromatic rings. The number of carbonyl (C=O) groups is 1. The van der Waals surface area contributed by atoms with Crippen molar-refractivity contribution >= 4 is 29.0 Å². The molecule has 0 bridgehead atoms. The Morgan fingerprint density at radius 2 is 2.30 bits per heavy atom. The molecule has 20 heavy (non-hydrogen) atoms. The summed E-state index contributed by atoms with van der Waals surface area (Å²) in [5.74, 6) is 0.132. The monoisotopic (exact) mass is 304 g/mol. The molecule has 0 radical (unpaired) electrons. The van der Waals surface area contributed by atoms with Gasteiger partial charge < -0.3 is 4.90 Å². The normalized spacial score (nSPS) is 18.4. The van der Waals surface area contributed by atoms with E-state index in [1.54, 1.807) is 23.1 Å². The number of carbonyl (C=O) groups excluding carboxylic acids is 1. The number of nitrogens with zero attached hydrogens (tertiary/aromatic N) is 2. The van der Waals surface area contributed by atoms with Crippen molar-refractivity contribution in [2.24, 2.45) is 0 Å². The predicted octanol–water partition coefficient (Wildman–Crippen LogP) is 3.84. The van der Waals surface area contributed by atoms with E-state index >= 15 is 0 Å². The zero-order valence-electron chi connectivity index (χ0n) is 11.3. The summed E-state index contributed by atoms with van der Waals surface area (Å²) in [7, 11) is 0. The third-order valence-electron chi connectivity index (χ3n) is 3.59. The van der Waals surface area contributed by atoms with Gasteiger partial charge >= 0.3 is 0 Å². The molecule has 2 heterocycles. The Morgan fingerprint density at radius 1 is 1.45 bits per heavy atom. The maximum Gasteiger partial charge on any atom is 0.255 e. The lowest BCUT2D eigenvalue weighted by atomic mass is 10.1. The van der Waals surface area contributed by atoms with Crippen LogP contribution < -0.4 is 0 Å². The highest BCUT2D eigenvalue weighted by atomic mass is 32.2. The van der Waals surface area contributed by atoms with Crippen molar-refractivity contribution in [1.29, 1.82) is 0 Å². The molecular formula is C15H16N2OS2. The first-order chi connectivity index (χ1) is 9.81. The van der Waals surface area contributed by atoms with E-state index in [-0.39, 0.29) is 11.9 Å². The number of likely N-dealkylation sites (tertiary alicyclic amines) is 1. The number of thioether (sulfide) groups is 1. The molecule has 5 heteroatoms. The van der Waals surface area contributed by atoms with Crippen LogP contribution in [0, 0.1) is 0 Å². The molecule has 1 amide bonds. The van der Waals surface area contributed by atoms with Crippen molar-refractivity contribution in [2.45, 2.75) is 23.8 Å². The lowest BCUT2D eigenvalue weighted by molar-refractivity contribution is 0.0732. The van der Waals surface area contributed by atoms with Gasteiger partial charge in [-0.2, -0.15) is 0 Å². The van der Waals surface area contributed by atoms with E-state index in [2.05, 4.69) is 4.98 Å². The molecule has 1 aliphatic heterocycles. The van der Waals surface area contributed by atoms with Crippen LogP contribution in [0.25, 0.3) is 0 Å². The van der Waals surface area contributed by atoms with Crippen LogP contribution >= 0.6 is 23.1 Å². The first-order valence-electron chi connectivity index (χ1n) is 6.64. The van der Waals surface area contributed by atoms with Gasteiger partial charge in [0.15, 0.2) is 0 Å². The maximum absolute atomic E-state index is 12.8. The average Bonchev–Trinajstić information content (AvgIpc) is 3.16. The van der Waals surface area contributed by atoms with Crippen molar-refractivity contribution < 1.29 is 4.79 Å². The van der Waals surface area contributed by atoms with Gasteiger partial charge in [0.1, 0.15) is 5.01 Å². The van der Waals surface area contributed by atoms with Crippen molar-refractivity contribution in [1.82, 2.24) is 9.88 Å². The molecule has 0 aliphatic carbocycles. The summed E-state index contributed by atoms with van der Waals surface area (Å²) in [5, 5.41) is 3.03. The molecule has 1 saturated heterocycles. The molecule has 1 aromatic carbocycles. The summed E-state index contributed by atoms with van der Waals surface area (Å²) in [5.41, 5.74) is 0.809. The van der Waals surface area contributed by atoms with Crippen LogP contribution in [-0.4, -0.2) is 28.6 Å². The van der Waals surface area contributed by atoms with Crippen LogP contribution in [0.2, 0.25) is 0 Å². The van der Waals surface area contributed by atoms with Gasteiger partial charge in [-0.25, -0.2) is 4.98 Å². The molecule has 0 saturated carbocycles. The Kier molecular flexibility index (Phi) is 4.08. The minimum absolute atomic E-state index is 0.132. The fourth-order valence-electron chi connectivity index (χ4n) is 2.64. The lowest BCUT2D eigenvalue weighted by Crippen LogP contribution is -2.30. The van der Waals surface area contributed by atoms with E-state index in [0.29, 0.717) is 0 Å². The second-order valence-electron chi connectivity index (χ2n) is 4.73. The Hall–Kier alpha value is -1.33. The smallest absolute Gasteiger partial charge is 0.255 e. The second-order valence-corrected chi connectivity index (χ2v) is 6.50. The van der Waals surface area contributed by atoms with Crippen LogP contribution in [0.1, 0.15) is 34.2 Å². The van der Waals surface area contributed by atoms with E-state index in [1.165, 1.54) is 0 Å². The summed E-state index contributed by atoms with van der Waals surface area (Å²) in [6.07, 6.45) is 5.89. The van der Waals surface area contributed by atoms with Crippen LogP contribution in [0.3, 0.4) is 0 Å². The molecule has 0 spiro atoms. The van der Waals surface area contributed by atoms with Crippen molar-refractivity contribution in [3.05, 3.63) is 46.4 Å². The van der Waals surface area contributed by atoms with Gasteiger partial charge in [0.05, 0.1) is 11.6 Å². The Morgan fingerprint density at radius 3 is 3.05 bits per heavy atom. The quantitative estimate of drug-likeness (QED) is 0.808. The van der Waals surface area contributed by atoms with Gasteiger partial charge in [0, 0.05) is 23.0 Å². The second kappa shape index (κ2) is 5.97. The average molecular weight is 304 g/mol. The van der Waals surface area contributed by atoms with Crippen molar-refractivity contribution in [3.8, 4) is 0 Å². The zero-order valence-corrected chi connectivity index (χ0v) is 12.9. The molecule has 104 valence electrons. The number of thiazole rings is 1. The topological polar surface area (TPSA) is 33.2 Å². The molecule has 3 nitrogen and oxygen atoms in total. The van der Waals surface area contributed by atoms with E-state index in [4.69, 9.17) is 0 Å². The summed E-state index contributed by atoms with van der Waals surface area (Å²) in [6, 6.07) is 7.99. The van der Waals surface area contributed by atoms with Crippen LogP contribution in [0.5, 0.6) is 0 Å². The number of benzene rings is 1.